The van der Waals surface area contributed by atoms with Crippen molar-refractivity contribution in [2.45, 2.75) is 13.3 Å². The van der Waals surface area contributed by atoms with Gasteiger partial charge in [-0.2, -0.15) is 0 Å². The fraction of sp³-hybridized carbons (Fsp3) is 0.227. The van der Waals surface area contributed by atoms with E-state index in [-0.39, 0.29) is 19.6 Å². The second kappa shape index (κ2) is 9.13. The van der Waals surface area contributed by atoms with E-state index in [0.29, 0.717) is 28.2 Å². The molecule has 3 rings (SSSR count). The van der Waals surface area contributed by atoms with E-state index in [0.717, 1.165) is 10.9 Å². The molecular formula is C22H21NO7. The number of amides is 1. The van der Waals surface area contributed by atoms with Crippen LogP contribution < -0.4 is 20.4 Å². The van der Waals surface area contributed by atoms with Crippen molar-refractivity contribution in [2.75, 3.05) is 20.3 Å². The summed E-state index contributed by atoms with van der Waals surface area (Å²) in [6.45, 7) is 1.48. The van der Waals surface area contributed by atoms with Crippen LogP contribution in [-0.2, 0) is 9.59 Å². The Morgan fingerprint density at radius 2 is 1.87 bits per heavy atom. The number of hydrogen-bond acceptors (Lipinski definition) is 6. The number of methoxy groups -OCH3 is 1. The zero-order chi connectivity index (χ0) is 21.7. The maximum Gasteiger partial charge on any atom is 0.336 e. The van der Waals surface area contributed by atoms with Crippen molar-refractivity contribution in [2.24, 2.45) is 0 Å². The fourth-order valence-corrected chi connectivity index (χ4v) is 3.01. The summed E-state index contributed by atoms with van der Waals surface area (Å²) in [7, 11) is 1.58. The lowest BCUT2D eigenvalue weighted by Crippen LogP contribution is -2.30. The van der Waals surface area contributed by atoms with Crippen molar-refractivity contribution in [3.8, 4) is 22.6 Å². The number of nitrogens with one attached hydrogen (secondary N) is 1. The van der Waals surface area contributed by atoms with Gasteiger partial charge in [-0.05, 0) is 42.3 Å². The standard InChI is InChI=1S/C22H21NO7/c1-13-18(29-12-19(24)23-10-9-20(25)26)8-7-16-17(11-21(27)30-22(13)16)14-3-5-15(28-2)6-4-14/h3-8,11H,9-10,12H2,1-2H3,(H,23,24)(H,25,26). The first-order valence-corrected chi connectivity index (χ1v) is 9.22. The van der Waals surface area contributed by atoms with Crippen LogP contribution >= 0.6 is 0 Å². The number of carbonyl (C=O) groups excluding carboxylic acids is 1. The van der Waals surface area contributed by atoms with E-state index in [1.807, 2.05) is 24.3 Å². The Morgan fingerprint density at radius 1 is 1.13 bits per heavy atom. The first-order valence-electron chi connectivity index (χ1n) is 9.22. The van der Waals surface area contributed by atoms with Crippen LogP contribution in [0.3, 0.4) is 0 Å². The summed E-state index contributed by atoms with van der Waals surface area (Å²) in [5.41, 5.74) is 2.00. The third-order valence-corrected chi connectivity index (χ3v) is 4.53. The third-order valence-electron chi connectivity index (χ3n) is 4.53. The Labute approximate surface area is 172 Å². The highest BCUT2D eigenvalue weighted by atomic mass is 16.5. The lowest BCUT2D eigenvalue weighted by Gasteiger charge is -2.13. The number of fused-ring (bicyclic) bond motifs is 1. The second-order valence-electron chi connectivity index (χ2n) is 6.56. The Kier molecular flexibility index (Phi) is 6.36. The molecule has 0 saturated carbocycles. The lowest BCUT2D eigenvalue weighted by atomic mass is 10.00. The van der Waals surface area contributed by atoms with Gasteiger partial charge >= 0.3 is 11.6 Å². The first kappa shape index (κ1) is 20.9. The fourth-order valence-electron chi connectivity index (χ4n) is 3.01. The molecule has 0 aliphatic heterocycles. The number of carboxylic acids is 1. The van der Waals surface area contributed by atoms with Crippen LogP contribution in [0.5, 0.6) is 11.5 Å². The van der Waals surface area contributed by atoms with E-state index >= 15 is 0 Å². The molecule has 0 aliphatic carbocycles. The van der Waals surface area contributed by atoms with E-state index < -0.39 is 17.5 Å². The number of carbonyl (C=O) groups is 2. The van der Waals surface area contributed by atoms with Gasteiger partial charge in [-0.1, -0.05) is 12.1 Å². The van der Waals surface area contributed by atoms with Gasteiger partial charge < -0.3 is 24.3 Å². The van der Waals surface area contributed by atoms with Crippen molar-refractivity contribution < 1.29 is 28.6 Å². The van der Waals surface area contributed by atoms with Crippen LogP contribution in [0.4, 0.5) is 0 Å². The molecule has 1 amide bonds. The van der Waals surface area contributed by atoms with Gasteiger partial charge in [0.15, 0.2) is 6.61 Å². The van der Waals surface area contributed by atoms with Crippen LogP contribution in [0.2, 0.25) is 0 Å². The smallest absolute Gasteiger partial charge is 0.336 e. The van der Waals surface area contributed by atoms with E-state index in [1.165, 1.54) is 6.07 Å². The molecule has 0 bridgehead atoms. The minimum atomic E-state index is -0.996. The summed E-state index contributed by atoms with van der Waals surface area (Å²) in [6, 6.07) is 12.2. The van der Waals surface area contributed by atoms with Crippen molar-refractivity contribution >= 4 is 22.8 Å². The first-order chi connectivity index (χ1) is 14.4. The van der Waals surface area contributed by atoms with Gasteiger partial charge in [0, 0.05) is 23.6 Å². The number of aryl methyl sites for hydroxylation is 1. The lowest BCUT2D eigenvalue weighted by molar-refractivity contribution is -0.137. The van der Waals surface area contributed by atoms with Gasteiger partial charge in [-0.25, -0.2) is 4.79 Å². The summed E-state index contributed by atoms with van der Waals surface area (Å²) in [5.74, 6) is -0.334. The Morgan fingerprint density at radius 3 is 2.53 bits per heavy atom. The predicted molar refractivity (Wildman–Crippen MR) is 110 cm³/mol. The van der Waals surface area contributed by atoms with Gasteiger partial charge in [-0.15, -0.1) is 0 Å². The molecule has 0 unspecified atom stereocenters. The van der Waals surface area contributed by atoms with Crippen molar-refractivity contribution in [3.63, 3.8) is 0 Å². The van der Waals surface area contributed by atoms with Crippen LogP contribution in [0, 0.1) is 6.92 Å². The molecule has 8 heteroatoms. The van der Waals surface area contributed by atoms with Gasteiger partial charge in [0.05, 0.1) is 13.5 Å². The van der Waals surface area contributed by atoms with Crippen LogP contribution in [0.25, 0.3) is 22.1 Å². The van der Waals surface area contributed by atoms with Crippen molar-refractivity contribution in [3.05, 3.63) is 58.4 Å². The van der Waals surface area contributed by atoms with E-state index in [2.05, 4.69) is 5.32 Å². The summed E-state index contributed by atoms with van der Waals surface area (Å²) in [4.78, 5) is 34.5. The molecule has 0 atom stereocenters. The zero-order valence-electron chi connectivity index (χ0n) is 16.6. The third kappa shape index (κ3) is 4.78. The molecule has 2 N–H and O–H groups in total. The van der Waals surface area contributed by atoms with Gasteiger partial charge in [0.1, 0.15) is 17.1 Å². The summed E-state index contributed by atoms with van der Waals surface area (Å²) in [5, 5.41) is 11.8. The SMILES string of the molecule is COc1ccc(-c2cc(=O)oc3c(C)c(OCC(=O)NCCC(=O)O)ccc23)cc1. The highest BCUT2D eigenvalue weighted by Gasteiger charge is 2.14. The summed E-state index contributed by atoms with van der Waals surface area (Å²) in [6.07, 6.45) is -0.167. The summed E-state index contributed by atoms with van der Waals surface area (Å²) < 4.78 is 16.1. The molecule has 0 radical (unpaired) electrons. The second-order valence-corrected chi connectivity index (χ2v) is 6.56. The molecule has 156 valence electrons. The maximum atomic E-state index is 12.2. The number of carboxylic acid groups (broad SMARTS) is 1. The minimum absolute atomic E-state index is 0.0221. The van der Waals surface area contributed by atoms with Gasteiger partial charge in [0.25, 0.3) is 5.91 Å². The number of rotatable bonds is 8. The molecule has 0 saturated heterocycles. The molecule has 30 heavy (non-hydrogen) atoms. The molecule has 0 spiro atoms. The molecule has 8 nitrogen and oxygen atoms in total. The average molecular weight is 411 g/mol. The minimum Gasteiger partial charge on any atom is -0.497 e. The molecular weight excluding hydrogens is 390 g/mol. The zero-order valence-corrected chi connectivity index (χ0v) is 16.6. The van der Waals surface area contributed by atoms with Gasteiger partial charge in [-0.3, -0.25) is 9.59 Å². The van der Waals surface area contributed by atoms with E-state index in [9.17, 15) is 14.4 Å². The van der Waals surface area contributed by atoms with Crippen LogP contribution in [0.15, 0.2) is 51.7 Å². The number of ether oxygens (including phenoxy) is 2. The Bertz CT molecular complexity index is 1130. The van der Waals surface area contributed by atoms with Crippen molar-refractivity contribution in [1.29, 1.82) is 0 Å². The molecule has 0 aliphatic rings. The number of hydrogen-bond donors (Lipinski definition) is 2. The molecule has 1 heterocycles. The number of benzene rings is 2. The normalized spacial score (nSPS) is 10.6. The van der Waals surface area contributed by atoms with Crippen molar-refractivity contribution in [1.82, 2.24) is 5.32 Å². The van der Waals surface area contributed by atoms with Crippen LogP contribution in [0.1, 0.15) is 12.0 Å². The Balaban J connectivity index is 1.86. The van der Waals surface area contributed by atoms with E-state index in [1.54, 1.807) is 26.2 Å². The average Bonchev–Trinajstić information content (AvgIpc) is 2.73. The monoisotopic (exact) mass is 411 g/mol. The summed E-state index contributed by atoms with van der Waals surface area (Å²) >= 11 is 0. The van der Waals surface area contributed by atoms with Gasteiger partial charge in [0.2, 0.25) is 0 Å². The molecule has 2 aromatic carbocycles. The van der Waals surface area contributed by atoms with Crippen LogP contribution in [-0.4, -0.2) is 37.2 Å². The largest absolute Gasteiger partial charge is 0.497 e. The van der Waals surface area contributed by atoms with E-state index in [4.69, 9.17) is 19.0 Å². The Hall–Kier alpha value is -3.81. The molecule has 0 fully saturated rings. The number of aliphatic carboxylic acids is 1. The predicted octanol–water partition coefficient (Wildman–Crippen LogP) is 2.75. The highest BCUT2D eigenvalue weighted by Crippen LogP contribution is 2.33. The quantitative estimate of drug-likeness (QED) is 0.548. The highest BCUT2D eigenvalue weighted by molar-refractivity contribution is 5.95. The topological polar surface area (TPSA) is 115 Å². The molecule has 1 aromatic heterocycles. The molecule has 3 aromatic rings. The maximum absolute atomic E-state index is 12.2.